The molecule has 1 unspecified atom stereocenters. The van der Waals surface area contributed by atoms with Gasteiger partial charge in [-0.15, -0.1) is 0 Å². The van der Waals surface area contributed by atoms with Crippen molar-refractivity contribution in [2.75, 3.05) is 6.61 Å². The van der Waals surface area contributed by atoms with E-state index in [0.29, 0.717) is 6.42 Å². The van der Waals surface area contributed by atoms with E-state index in [0.717, 1.165) is 16.5 Å². The highest BCUT2D eigenvalue weighted by Gasteiger charge is 2.17. The molecule has 0 aliphatic rings. The van der Waals surface area contributed by atoms with Gasteiger partial charge >= 0.3 is 0 Å². The second-order valence-corrected chi connectivity index (χ2v) is 5.58. The van der Waals surface area contributed by atoms with E-state index in [9.17, 15) is 14.7 Å². The number of rotatable bonds is 6. The molecule has 0 aliphatic carbocycles. The van der Waals surface area contributed by atoms with Gasteiger partial charge in [-0.1, -0.05) is 18.2 Å². The summed E-state index contributed by atoms with van der Waals surface area (Å²) in [6.07, 6.45) is 3.74. The molecule has 6 N–H and O–H groups in total. The molecule has 24 heavy (non-hydrogen) atoms. The number of hydrogen-bond acceptors (Lipinski definition) is 3. The maximum atomic E-state index is 12.2. The first-order valence-corrected chi connectivity index (χ1v) is 7.53. The Bertz CT molecular complexity index is 881. The van der Waals surface area contributed by atoms with Gasteiger partial charge < -0.3 is 26.1 Å². The number of carbonyl (C=O) groups is 2. The Hall–Kier alpha value is -3.06. The molecular weight excluding hydrogens is 308 g/mol. The molecule has 0 spiro atoms. The molecule has 2 amide bonds. The number of amides is 2. The van der Waals surface area contributed by atoms with E-state index in [4.69, 9.17) is 5.73 Å². The number of benzene rings is 1. The van der Waals surface area contributed by atoms with Crippen LogP contribution in [0.5, 0.6) is 0 Å². The molecule has 3 rings (SSSR count). The Kier molecular flexibility index (Phi) is 4.35. The third-order valence-electron chi connectivity index (χ3n) is 3.91. The number of primary amides is 1. The van der Waals surface area contributed by atoms with Crippen LogP contribution in [-0.4, -0.2) is 39.5 Å². The van der Waals surface area contributed by atoms with Crippen LogP contribution < -0.4 is 11.1 Å². The fraction of sp³-hybridized carbons (Fsp3) is 0.176. The third kappa shape index (κ3) is 3.16. The summed E-state index contributed by atoms with van der Waals surface area (Å²) in [6.45, 7) is -0.200. The molecule has 0 saturated carbocycles. The lowest BCUT2D eigenvalue weighted by Crippen LogP contribution is -2.39. The zero-order chi connectivity index (χ0) is 17.1. The molecule has 0 saturated heterocycles. The topological polar surface area (TPSA) is 124 Å². The van der Waals surface area contributed by atoms with E-state index in [1.807, 2.05) is 30.5 Å². The summed E-state index contributed by atoms with van der Waals surface area (Å²) in [5.74, 6) is -1.01. The zero-order valence-electron chi connectivity index (χ0n) is 12.9. The lowest BCUT2D eigenvalue weighted by Gasteiger charge is -2.15. The van der Waals surface area contributed by atoms with Gasteiger partial charge in [0, 0.05) is 23.3 Å². The van der Waals surface area contributed by atoms with E-state index >= 15 is 0 Å². The highest BCUT2D eigenvalue weighted by Crippen LogP contribution is 2.19. The van der Waals surface area contributed by atoms with Gasteiger partial charge in [-0.05, 0) is 24.1 Å². The lowest BCUT2D eigenvalue weighted by atomic mass is 10.1. The molecule has 124 valence electrons. The fourth-order valence-corrected chi connectivity index (χ4v) is 2.66. The lowest BCUT2D eigenvalue weighted by molar-refractivity contribution is 0.0912. The smallest absolute Gasteiger partial charge is 0.268 e. The summed E-state index contributed by atoms with van der Waals surface area (Å²) in [6, 6.07) is 8.78. The molecule has 1 aromatic carbocycles. The van der Waals surface area contributed by atoms with Crippen molar-refractivity contribution in [2.24, 2.45) is 5.73 Å². The Morgan fingerprint density at radius 1 is 1.21 bits per heavy atom. The van der Waals surface area contributed by atoms with Crippen molar-refractivity contribution in [1.29, 1.82) is 0 Å². The van der Waals surface area contributed by atoms with Gasteiger partial charge in [0.1, 0.15) is 5.69 Å². The molecule has 2 heterocycles. The fourth-order valence-electron chi connectivity index (χ4n) is 2.66. The number of nitrogens with one attached hydrogen (secondary N) is 3. The zero-order valence-corrected chi connectivity index (χ0v) is 12.9. The molecule has 0 fully saturated rings. The SMILES string of the molecule is NC(=O)c1c[nH]c(C(=O)NC(CO)Cc2c[nH]c3ccccc23)c1. The largest absolute Gasteiger partial charge is 0.394 e. The summed E-state index contributed by atoms with van der Waals surface area (Å²) < 4.78 is 0. The summed E-state index contributed by atoms with van der Waals surface area (Å²) in [4.78, 5) is 29.2. The molecule has 2 aromatic heterocycles. The van der Waals surface area contributed by atoms with Gasteiger partial charge in [-0.2, -0.15) is 0 Å². The molecule has 0 radical (unpaired) electrons. The standard InChI is InChI=1S/C17H18N4O3/c18-16(23)11-6-15(20-8-11)17(24)21-12(9-22)5-10-7-19-14-4-2-1-3-13(10)14/h1-4,6-8,12,19-20,22H,5,9H2,(H2,18,23)(H,21,24). The molecule has 1 atom stereocenters. The van der Waals surface area contributed by atoms with E-state index in [1.165, 1.54) is 12.3 Å². The van der Waals surface area contributed by atoms with Crippen LogP contribution in [-0.2, 0) is 6.42 Å². The number of hydrogen-bond donors (Lipinski definition) is 5. The summed E-state index contributed by atoms with van der Waals surface area (Å²) in [7, 11) is 0. The molecule has 3 aromatic rings. The predicted molar refractivity (Wildman–Crippen MR) is 89.7 cm³/mol. The number of nitrogens with two attached hydrogens (primary N) is 1. The molecular formula is C17H18N4O3. The maximum Gasteiger partial charge on any atom is 0.268 e. The van der Waals surface area contributed by atoms with Crippen LogP contribution in [0.4, 0.5) is 0 Å². The number of aliphatic hydroxyl groups excluding tert-OH is 1. The quantitative estimate of drug-likeness (QED) is 0.463. The molecule has 7 heteroatoms. The number of para-hydroxylation sites is 1. The Balaban J connectivity index is 1.72. The van der Waals surface area contributed by atoms with Crippen molar-refractivity contribution < 1.29 is 14.7 Å². The molecule has 7 nitrogen and oxygen atoms in total. The number of aliphatic hydroxyl groups is 1. The first-order chi connectivity index (χ1) is 11.6. The van der Waals surface area contributed by atoms with Crippen LogP contribution in [0.3, 0.4) is 0 Å². The van der Waals surface area contributed by atoms with Crippen LogP contribution in [0.2, 0.25) is 0 Å². The van der Waals surface area contributed by atoms with Crippen LogP contribution in [0.15, 0.2) is 42.7 Å². The minimum absolute atomic E-state index is 0.200. The van der Waals surface area contributed by atoms with E-state index in [2.05, 4.69) is 15.3 Å². The summed E-state index contributed by atoms with van der Waals surface area (Å²) in [5, 5.41) is 13.4. The van der Waals surface area contributed by atoms with Crippen molar-refractivity contribution >= 4 is 22.7 Å². The van der Waals surface area contributed by atoms with Gasteiger partial charge in [0.15, 0.2) is 0 Å². The average molecular weight is 326 g/mol. The first-order valence-electron chi connectivity index (χ1n) is 7.53. The van der Waals surface area contributed by atoms with E-state index < -0.39 is 17.9 Å². The number of fused-ring (bicyclic) bond motifs is 1. The van der Waals surface area contributed by atoms with Gasteiger partial charge in [-0.3, -0.25) is 9.59 Å². The molecule has 0 bridgehead atoms. The molecule has 0 aliphatic heterocycles. The van der Waals surface area contributed by atoms with Gasteiger partial charge in [-0.25, -0.2) is 0 Å². The summed E-state index contributed by atoms with van der Waals surface area (Å²) in [5.41, 5.74) is 7.63. The number of aromatic amines is 2. The minimum Gasteiger partial charge on any atom is -0.394 e. The van der Waals surface area contributed by atoms with Gasteiger partial charge in [0.2, 0.25) is 5.91 Å². The van der Waals surface area contributed by atoms with Crippen LogP contribution >= 0.6 is 0 Å². The van der Waals surface area contributed by atoms with E-state index in [1.54, 1.807) is 0 Å². The average Bonchev–Trinajstić information content (AvgIpc) is 3.22. The van der Waals surface area contributed by atoms with Gasteiger partial charge in [0.05, 0.1) is 18.2 Å². The van der Waals surface area contributed by atoms with Crippen LogP contribution in [0.25, 0.3) is 10.9 Å². The van der Waals surface area contributed by atoms with Crippen LogP contribution in [0, 0.1) is 0 Å². The maximum absolute atomic E-state index is 12.2. The first kappa shape index (κ1) is 15.8. The normalized spacial score (nSPS) is 12.2. The summed E-state index contributed by atoms with van der Waals surface area (Å²) >= 11 is 0. The second kappa shape index (κ2) is 6.59. The second-order valence-electron chi connectivity index (χ2n) is 5.58. The predicted octanol–water partition coefficient (Wildman–Crippen LogP) is 0.928. The number of H-pyrrole nitrogens is 2. The van der Waals surface area contributed by atoms with Crippen molar-refractivity contribution in [3.63, 3.8) is 0 Å². The highest BCUT2D eigenvalue weighted by atomic mass is 16.3. The van der Waals surface area contributed by atoms with Gasteiger partial charge in [0.25, 0.3) is 5.91 Å². The number of carbonyl (C=O) groups excluding carboxylic acids is 2. The van der Waals surface area contributed by atoms with Crippen molar-refractivity contribution in [3.05, 3.63) is 59.5 Å². The Morgan fingerprint density at radius 2 is 2.00 bits per heavy atom. The highest BCUT2D eigenvalue weighted by molar-refractivity contribution is 5.98. The Labute approximate surface area is 137 Å². The monoisotopic (exact) mass is 326 g/mol. The minimum atomic E-state index is -0.609. The third-order valence-corrected chi connectivity index (χ3v) is 3.91. The van der Waals surface area contributed by atoms with Crippen molar-refractivity contribution in [3.8, 4) is 0 Å². The van der Waals surface area contributed by atoms with Crippen LogP contribution in [0.1, 0.15) is 26.4 Å². The van der Waals surface area contributed by atoms with E-state index in [-0.39, 0.29) is 17.9 Å². The van der Waals surface area contributed by atoms with Crippen molar-refractivity contribution in [2.45, 2.75) is 12.5 Å². The Morgan fingerprint density at radius 3 is 2.71 bits per heavy atom. The number of aromatic nitrogens is 2. The van der Waals surface area contributed by atoms with Crippen molar-refractivity contribution in [1.82, 2.24) is 15.3 Å².